The summed E-state index contributed by atoms with van der Waals surface area (Å²) in [5.41, 5.74) is 2.02. The predicted molar refractivity (Wildman–Crippen MR) is 147 cm³/mol. The van der Waals surface area contributed by atoms with Gasteiger partial charge in [0.05, 0.1) is 17.2 Å². The van der Waals surface area contributed by atoms with Crippen LogP contribution in [0.1, 0.15) is 62.8 Å². The first-order valence-corrected chi connectivity index (χ1v) is 14.0. The fraction of sp³-hybridized carbons (Fsp3) is 0.464. The Balaban J connectivity index is 1.36. The van der Waals surface area contributed by atoms with Crippen molar-refractivity contribution in [1.29, 1.82) is 0 Å². The molecule has 5 rings (SSSR count). The number of unbranched alkanes of at least 4 members (excludes halogenated alkanes) is 4. The molecule has 3 aromatic heterocycles. The molecular formula is C28H33N5O3S. The Bertz CT molecular complexity index is 1530. The zero-order valence-corrected chi connectivity index (χ0v) is 22.3. The Labute approximate surface area is 219 Å². The topological polar surface area (TPSA) is 102 Å². The van der Waals surface area contributed by atoms with Crippen molar-refractivity contribution < 1.29 is 9.90 Å². The zero-order chi connectivity index (χ0) is 25.9. The van der Waals surface area contributed by atoms with Crippen LogP contribution in [0.5, 0.6) is 5.88 Å². The van der Waals surface area contributed by atoms with Gasteiger partial charge in [-0.05, 0) is 43.2 Å². The average Bonchev–Trinajstić information content (AvgIpc) is 3.39. The maximum absolute atomic E-state index is 13.2. The minimum atomic E-state index is -0.572. The van der Waals surface area contributed by atoms with Crippen LogP contribution in [0.3, 0.4) is 0 Å². The molecule has 0 saturated carbocycles. The van der Waals surface area contributed by atoms with Crippen LogP contribution in [0.4, 0.5) is 5.69 Å². The van der Waals surface area contributed by atoms with Crippen LogP contribution >= 0.6 is 11.3 Å². The van der Waals surface area contributed by atoms with Crippen LogP contribution in [0.2, 0.25) is 0 Å². The zero-order valence-electron chi connectivity index (χ0n) is 21.4. The molecule has 0 aliphatic heterocycles. The second-order valence-corrected chi connectivity index (χ2v) is 11.1. The third-order valence-electron chi connectivity index (χ3n) is 7.25. The second kappa shape index (κ2) is 11.0. The number of carbonyl (C=O) groups excluding carboxylic acids is 1. The lowest BCUT2D eigenvalue weighted by molar-refractivity contribution is -0.118. The lowest BCUT2D eigenvalue weighted by Crippen LogP contribution is -2.24. The highest BCUT2D eigenvalue weighted by Gasteiger charge is 2.23. The van der Waals surface area contributed by atoms with E-state index in [1.165, 1.54) is 35.0 Å². The molecule has 1 atom stereocenters. The molecule has 1 aliphatic rings. The van der Waals surface area contributed by atoms with Crippen molar-refractivity contribution in [2.24, 2.45) is 16.1 Å². The van der Waals surface area contributed by atoms with Gasteiger partial charge in [0.15, 0.2) is 5.69 Å². The summed E-state index contributed by atoms with van der Waals surface area (Å²) >= 11 is 1.59. The van der Waals surface area contributed by atoms with Crippen molar-refractivity contribution in [1.82, 2.24) is 14.1 Å². The van der Waals surface area contributed by atoms with Crippen molar-refractivity contribution in [2.75, 3.05) is 0 Å². The van der Waals surface area contributed by atoms with E-state index in [0.717, 1.165) is 53.4 Å². The van der Waals surface area contributed by atoms with Crippen LogP contribution in [-0.2, 0) is 30.7 Å². The number of nitrogens with zero attached hydrogens (tertiary/aromatic N) is 5. The van der Waals surface area contributed by atoms with E-state index >= 15 is 0 Å². The van der Waals surface area contributed by atoms with Gasteiger partial charge in [0.1, 0.15) is 11.4 Å². The number of fused-ring (bicyclic) bond motifs is 4. The van der Waals surface area contributed by atoms with Gasteiger partial charge in [-0.1, -0.05) is 57.7 Å². The molecule has 9 heteroatoms. The van der Waals surface area contributed by atoms with Crippen LogP contribution in [0.15, 0.2) is 45.6 Å². The number of aryl methyl sites for hydroxylation is 2. The third kappa shape index (κ3) is 5.09. The normalized spacial score (nSPS) is 15.7. The van der Waals surface area contributed by atoms with Crippen LogP contribution in [0.25, 0.3) is 21.1 Å². The molecule has 0 radical (unpaired) electrons. The first kappa shape index (κ1) is 25.3. The molecule has 194 valence electrons. The highest BCUT2D eigenvalue weighted by molar-refractivity contribution is 7.18. The summed E-state index contributed by atoms with van der Waals surface area (Å²) in [5, 5.41) is 20.3. The van der Waals surface area contributed by atoms with Crippen LogP contribution in [0, 0.1) is 5.92 Å². The second-order valence-electron chi connectivity index (χ2n) is 10.1. The molecule has 0 saturated heterocycles. The molecule has 0 unspecified atom stereocenters. The van der Waals surface area contributed by atoms with Crippen molar-refractivity contribution in [3.05, 3.63) is 51.4 Å². The summed E-state index contributed by atoms with van der Waals surface area (Å²) in [4.78, 5) is 32.4. The van der Waals surface area contributed by atoms with E-state index in [-0.39, 0.29) is 23.7 Å². The van der Waals surface area contributed by atoms with Crippen LogP contribution < -0.4 is 5.56 Å². The first-order valence-electron chi connectivity index (χ1n) is 13.2. The number of azo groups is 1. The number of rotatable bonds is 9. The summed E-state index contributed by atoms with van der Waals surface area (Å²) in [6.07, 6.45) is 9.92. The first-order chi connectivity index (χ1) is 18.0. The molecule has 0 fully saturated rings. The Morgan fingerprint density at radius 1 is 1.22 bits per heavy atom. The average molecular weight is 520 g/mol. The van der Waals surface area contributed by atoms with Gasteiger partial charge in [-0.25, -0.2) is 4.98 Å². The maximum Gasteiger partial charge on any atom is 0.284 e. The van der Waals surface area contributed by atoms with Gasteiger partial charge in [0, 0.05) is 16.8 Å². The van der Waals surface area contributed by atoms with Gasteiger partial charge in [-0.15, -0.1) is 21.6 Å². The number of amides is 1. The maximum atomic E-state index is 13.2. The molecule has 37 heavy (non-hydrogen) atoms. The number of carbonyl (C=O) groups is 1. The van der Waals surface area contributed by atoms with E-state index in [9.17, 15) is 14.7 Å². The lowest BCUT2D eigenvalue weighted by atomic mass is 9.89. The van der Waals surface area contributed by atoms with Gasteiger partial charge in [0.2, 0.25) is 5.88 Å². The molecule has 1 aromatic carbocycles. The smallest absolute Gasteiger partial charge is 0.284 e. The number of para-hydroxylation sites is 1. The van der Waals surface area contributed by atoms with E-state index in [1.54, 1.807) is 11.3 Å². The highest BCUT2D eigenvalue weighted by atomic mass is 32.1. The van der Waals surface area contributed by atoms with Crippen molar-refractivity contribution in [3.63, 3.8) is 0 Å². The summed E-state index contributed by atoms with van der Waals surface area (Å²) in [6.45, 7) is 4.84. The van der Waals surface area contributed by atoms with E-state index in [1.807, 2.05) is 28.8 Å². The van der Waals surface area contributed by atoms with Gasteiger partial charge in [-0.2, -0.15) is 0 Å². The van der Waals surface area contributed by atoms with Gasteiger partial charge < -0.3 is 9.67 Å². The number of hydrogen-bond acceptors (Lipinski definition) is 6. The Kier molecular flexibility index (Phi) is 7.50. The molecule has 1 aliphatic carbocycles. The molecule has 0 spiro atoms. The number of benzene rings is 1. The lowest BCUT2D eigenvalue weighted by Gasteiger charge is -2.17. The number of aromatic nitrogens is 3. The Hall–Kier alpha value is -3.33. The van der Waals surface area contributed by atoms with E-state index in [0.29, 0.717) is 17.8 Å². The molecular weight excluding hydrogens is 486 g/mol. The third-order valence-corrected chi connectivity index (χ3v) is 8.41. The minimum Gasteiger partial charge on any atom is -0.493 e. The van der Waals surface area contributed by atoms with Crippen molar-refractivity contribution in [3.8, 4) is 5.88 Å². The van der Waals surface area contributed by atoms with Crippen molar-refractivity contribution in [2.45, 2.75) is 78.3 Å². The molecule has 1 amide bonds. The summed E-state index contributed by atoms with van der Waals surface area (Å²) in [6, 6.07) is 7.59. The SMILES string of the molecule is CCCCCCCn1c(O)c(N=NC(=O)Cn2cnc3sc4c(c3c2=O)CC[C@H](C)C4)c2ccccc21. The standard InChI is InChI=1S/C28H33N5O3S/c1-3-4-5-6-9-14-33-21-11-8-7-10-19(21)25(28(33)36)31-30-23(34)16-32-17-29-26-24(27(32)35)20-13-12-18(2)15-22(20)37-26/h7-8,10-11,17-18,36H,3-6,9,12-16H2,1-2H3/t18-/m0/s1. The highest BCUT2D eigenvalue weighted by Crippen LogP contribution is 2.39. The fourth-order valence-electron chi connectivity index (χ4n) is 5.23. The van der Waals surface area contributed by atoms with Gasteiger partial charge >= 0.3 is 0 Å². The minimum absolute atomic E-state index is 0.00706. The predicted octanol–water partition coefficient (Wildman–Crippen LogP) is 6.52. The van der Waals surface area contributed by atoms with Crippen molar-refractivity contribution >= 4 is 44.1 Å². The summed E-state index contributed by atoms with van der Waals surface area (Å²) < 4.78 is 3.15. The van der Waals surface area contributed by atoms with Gasteiger partial charge in [0.25, 0.3) is 11.5 Å². The monoisotopic (exact) mass is 519 g/mol. The summed E-state index contributed by atoms with van der Waals surface area (Å²) in [5.74, 6) is 0.0394. The Morgan fingerprint density at radius 3 is 2.86 bits per heavy atom. The van der Waals surface area contributed by atoms with E-state index in [2.05, 4.69) is 29.1 Å². The molecule has 4 aromatic rings. The molecule has 0 bridgehead atoms. The quantitative estimate of drug-likeness (QED) is 0.201. The number of hydrogen-bond donors (Lipinski definition) is 1. The van der Waals surface area contributed by atoms with E-state index in [4.69, 9.17) is 0 Å². The van der Waals surface area contributed by atoms with E-state index < -0.39 is 5.91 Å². The molecule has 8 nitrogen and oxygen atoms in total. The Morgan fingerprint density at radius 2 is 2.03 bits per heavy atom. The molecule has 3 heterocycles. The summed E-state index contributed by atoms with van der Waals surface area (Å²) in [7, 11) is 0. The number of aromatic hydroxyl groups is 1. The molecule has 1 N–H and O–H groups in total. The fourth-order valence-corrected chi connectivity index (χ4v) is 6.57. The number of thiophene rings is 1. The van der Waals surface area contributed by atoms with Crippen LogP contribution in [-0.4, -0.2) is 25.1 Å². The largest absolute Gasteiger partial charge is 0.493 e. The van der Waals surface area contributed by atoms with Gasteiger partial charge in [-0.3, -0.25) is 14.2 Å².